The molecule has 0 spiro atoms. The summed E-state index contributed by atoms with van der Waals surface area (Å²) in [5, 5.41) is 16.9. The zero-order chi connectivity index (χ0) is 15.0. The van der Waals surface area contributed by atoms with Crippen LogP contribution in [0.5, 0.6) is 0 Å². The Labute approximate surface area is 118 Å². The quantitative estimate of drug-likeness (QED) is 0.540. The first-order valence-electron chi connectivity index (χ1n) is 7.05. The fourth-order valence-electron chi connectivity index (χ4n) is 2.47. The number of hydrogen-bond acceptors (Lipinski definition) is 3. The van der Waals surface area contributed by atoms with Gasteiger partial charge in [-0.3, -0.25) is 9.59 Å². The highest BCUT2D eigenvalue weighted by molar-refractivity contribution is 5.78. The Balaban J connectivity index is 2.16. The average molecular weight is 285 g/mol. The molecule has 0 aromatic carbocycles. The lowest BCUT2D eigenvalue weighted by Gasteiger charge is -2.16. The first-order chi connectivity index (χ1) is 9.54. The molecule has 3 amide bonds. The minimum Gasteiger partial charge on any atom is -0.481 e. The molecule has 114 valence electrons. The van der Waals surface area contributed by atoms with Gasteiger partial charge in [0.2, 0.25) is 5.91 Å². The van der Waals surface area contributed by atoms with Gasteiger partial charge in [-0.15, -0.1) is 0 Å². The molecule has 0 bridgehead atoms. The van der Waals surface area contributed by atoms with Crippen molar-refractivity contribution in [3.63, 3.8) is 0 Å². The van der Waals surface area contributed by atoms with Crippen LogP contribution in [0.3, 0.4) is 0 Å². The molecule has 1 fully saturated rings. The van der Waals surface area contributed by atoms with Crippen molar-refractivity contribution in [2.75, 3.05) is 19.6 Å². The SMILES string of the molecule is CCNC(=O)CCNC(=O)NCC1CCCC1C(=O)O. The molecule has 1 rings (SSSR count). The third kappa shape index (κ3) is 5.46. The third-order valence-corrected chi connectivity index (χ3v) is 3.51. The van der Waals surface area contributed by atoms with Crippen molar-refractivity contribution in [1.29, 1.82) is 0 Å². The summed E-state index contributed by atoms with van der Waals surface area (Å²) in [5.41, 5.74) is 0. The zero-order valence-electron chi connectivity index (χ0n) is 11.8. The van der Waals surface area contributed by atoms with Gasteiger partial charge in [-0.05, 0) is 25.7 Å². The lowest BCUT2D eigenvalue weighted by atomic mass is 9.96. The second-order valence-corrected chi connectivity index (χ2v) is 4.98. The average Bonchev–Trinajstić information content (AvgIpc) is 2.85. The zero-order valence-corrected chi connectivity index (χ0v) is 11.8. The number of nitrogens with one attached hydrogen (secondary N) is 3. The van der Waals surface area contributed by atoms with Crippen molar-refractivity contribution >= 4 is 17.9 Å². The summed E-state index contributed by atoms with van der Waals surface area (Å²) in [6, 6.07) is -0.356. The highest BCUT2D eigenvalue weighted by atomic mass is 16.4. The molecule has 20 heavy (non-hydrogen) atoms. The van der Waals surface area contributed by atoms with Gasteiger partial charge in [-0.1, -0.05) is 6.42 Å². The van der Waals surface area contributed by atoms with Gasteiger partial charge in [0.15, 0.2) is 0 Å². The van der Waals surface area contributed by atoms with Gasteiger partial charge in [-0.2, -0.15) is 0 Å². The maximum absolute atomic E-state index is 11.5. The first-order valence-corrected chi connectivity index (χ1v) is 7.05. The van der Waals surface area contributed by atoms with Gasteiger partial charge < -0.3 is 21.1 Å². The minimum atomic E-state index is -0.786. The topological polar surface area (TPSA) is 108 Å². The molecule has 0 aliphatic heterocycles. The molecule has 1 aliphatic carbocycles. The van der Waals surface area contributed by atoms with Crippen LogP contribution in [-0.4, -0.2) is 42.6 Å². The first kappa shape index (κ1) is 16.3. The summed E-state index contributed by atoms with van der Waals surface area (Å²) in [6.45, 7) is 3.04. The van der Waals surface area contributed by atoms with E-state index in [9.17, 15) is 14.4 Å². The monoisotopic (exact) mass is 285 g/mol. The van der Waals surface area contributed by atoms with Crippen LogP contribution in [0, 0.1) is 11.8 Å². The summed E-state index contributed by atoms with van der Waals surface area (Å²) < 4.78 is 0. The molecule has 4 N–H and O–H groups in total. The van der Waals surface area contributed by atoms with E-state index in [0.717, 1.165) is 12.8 Å². The van der Waals surface area contributed by atoms with Crippen LogP contribution >= 0.6 is 0 Å². The van der Waals surface area contributed by atoms with E-state index in [-0.39, 0.29) is 36.7 Å². The van der Waals surface area contributed by atoms with Crippen LogP contribution in [0.2, 0.25) is 0 Å². The maximum Gasteiger partial charge on any atom is 0.314 e. The lowest BCUT2D eigenvalue weighted by Crippen LogP contribution is -2.41. The number of rotatable bonds is 7. The molecule has 0 saturated heterocycles. The van der Waals surface area contributed by atoms with Crippen molar-refractivity contribution in [2.45, 2.75) is 32.6 Å². The smallest absolute Gasteiger partial charge is 0.314 e. The number of carbonyl (C=O) groups is 3. The van der Waals surface area contributed by atoms with Crippen LogP contribution in [0.1, 0.15) is 32.6 Å². The van der Waals surface area contributed by atoms with Gasteiger partial charge in [0.25, 0.3) is 0 Å². The fourth-order valence-corrected chi connectivity index (χ4v) is 2.47. The molecule has 1 saturated carbocycles. The van der Waals surface area contributed by atoms with Crippen LogP contribution in [0.15, 0.2) is 0 Å². The molecule has 2 atom stereocenters. The Hall–Kier alpha value is -1.79. The minimum absolute atomic E-state index is 0.00152. The molecule has 0 aromatic heterocycles. The Morgan fingerprint density at radius 3 is 2.55 bits per heavy atom. The van der Waals surface area contributed by atoms with E-state index in [0.29, 0.717) is 19.5 Å². The predicted molar refractivity (Wildman–Crippen MR) is 73.2 cm³/mol. The van der Waals surface area contributed by atoms with Gasteiger partial charge in [0.1, 0.15) is 0 Å². The van der Waals surface area contributed by atoms with E-state index in [4.69, 9.17) is 5.11 Å². The molecule has 0 heterocycles. The van der Waals surface area contributed by atoms with E-state index in [1.165, 1.54) is 0 Å². The maximum atomic E-state index is 11.5. The summed E-state index contributed by atoms with van der Waals surface area (Å²) in [5.74, 6) is -1.24. The number of aliphatic carboxylic acids is 1. The van der Waals surface area contributed by atoms with E-state index in [2.05, 4.69) is 16.0 Å². The largest absolute Gasteiger partial charge is 0.481 e. The second-order valence-electron chi connectivity index (χ2n) is 4.98. The van der Waals surface area contributed by atoms with Crippen molar-refractivity contribution in [1.82, 2.24) is 16.0 Å². The van der Waals surface area contributed by atoms with E-state index < -0.39 is 5.97 Å². The van der Waals surface area contributed by atoms with Crippen molar-refractivity contribution in [3.8, 4) is 0 Å². The Morgan fingerprint density at radius 1 is 1.15 bits per heavy atom. The summed E-state index contributed by atoms with van der Waals surface area (Å²) in [4.78, 5) is 33.7. The number of urea groups is 1. The Morgan fingerprint density at radius 2 is 1.90 bits per heavy atom. The van der Waals surface area contributed by atoms with Crippen molar-refractivity contribution in [2.24, 2.45) is 11.8 Å². The summed E-state index contributed by atoms with van der Waals surface area (Å²) in [6.07, 6.45) is 2.64. The molecular formula is C13H23N3O4. The Kier molecular flexibility index (Phi) is 6.83. The standard InChI is InChI=1S/C13H23N3O4/c1-2-14-11(17)6-7-15-13(20)16-8-9-4-3-5-10(9)12(18)19/h9-10H,2-8H2,1H3,(H,14,17)(H,18,19)(H2,15,16,20). The van der Waals surface area contributed by atoms with Crippen molar-refractivity contribution < 1.29 is 19.5 Å². The molecule has 0 radical (unpaired) electrons. The molecule has 2 unspecified atom stereocenters. The van der Waals surface area contributed by atoms with Gasteiger partial charge >= 0.3 is 12.0 Å². The van der Waals surface area contributed by atoms with Crippen LogP contribution in [0.25, 0.3) is 0 Å². The normalized spacial score (nSPS) is 21.2. The molecule has 7 heteroatoms. The van der Waals surface area contributed by atoms with Crippen LogP contribution in [-0.2, 0) is 9.59 Å². The number of carboxylic acid groups (broad SMARTS) is 1. The highest BCUT2D eigenvalue weighted by Crippen LogP contribution is 2.31. The van der Waals surface area contributed by atoms with Gasteiger partial charge in [-0.25, -0.2) is 4.79 Å². The van der Waals surface area contributed by atoms with E-state index >= 15 is 0 Å². The molecule has 0 aromatic rings. The summed E-state index contributed by atoms with van der Waals surface area (Å²) in [7, 11) is 0. The number of carbonyl (C=O) groups excluding carboxylic acids is 2. The van der Waals surface area contributed by atoms with E-state index in [1.807, 2.05) is 6.92 Å². The van der Waals surface area contributed by atoms with Gasteiger partial charge in [0.05, 0.1) is 5.92 Å². The third-order valence-electron chi connectivity index (χ3n) is 3.51. The molecule has 7 nitrogen and oxygen atoms in total. The van der Waals surface area contributed by atoms with E-state index in [1.54, 1.807) is 0 Å². The Bertz CT molecular complexity index is 360. The molecular weight excluding hydrogens is 262 g/mol. The van der Waals surface area contributed by atoms with Crippen molar-refractivity contribution in [3.05, 3.63) is 0 Å². The number of amides is 3. The predicted octanol–water partition coefficient (Wildman–Crippen LogP) is 0.313. The van der Waals surface area contributed by atoms with Crippen LogP contribution in [0.4, 0.5) is 4.79 Å². The fraction of sp³-hybridized carbons (Fsp3) is 0.769. The highest BCUT2D eigenvalue weighted by Gasteiger charge is 2.32. The second kappa shape index (κ2) is 8.39. The lowest BCUT2D eigenvalue weighted by molar-refractivity contribution is -0.142. The summed E-state index contributed by atoms with van der Waals surface area (Å²) >= 11 is 0. The number of carboxylic acids is 1. The van der Waals surface area contributed by atoms with Gasteiger partial charge in [0, 0.05) is 26.1 Å². The number of hydrogen-bond donors (Lipinski definition) is 4. The van der Waals surface area contributed by atoms with Crippen LogP contribution < -0.4 is 16.0 Å². The molecule has 1 aliphatic rings.